The Morgan fingerprint density at radius 3 is 2.62 bits per heavy atom. The first-order valence-electron chi connectivity index (χ1n) is 6.47. The van der Waals surface area contributed by atoms with Crippen LogP contribution in [0.5, 0.6) is 0 Å². The fourth-order valence-electron chi connectivity index (χ4n) is 1.99. The van der Waals surface area contributed by atoms with Crippen LogP contribution >= 0.6 is 11.6 Å². The number of pyridine rings is 1. The summed E-state index contributed by atoms with van der Waals surface area (Å²) in [7, 11) is 3.27. The lowest BCUT2D eigenvalue weighted by Gasteiger charge is -2.17. The van der Waals surface area contributed by atoms with Gasteiger partial charge in [0.15, 0.2) is 0 Å². The van der Waals surface area contributed by atoms with Crippen LogP contribution in [0.25, 0.3) is 10.8 Å². The molecule has 0 fully saturated rings. The maximum Gasteiger partial charge on any atom is 0.270 e. The lowest BCUT2D eigenvalue weighted by molar-refractivity contribution is -0.130. The van der Waals surface area contributed by atoms with Gasteiger partial charge in [0.25, 0.3) is 5.91 Å². The third-order valence-electron chi connectivity index (χ3n) is 3.09. The molecule has 110 valence electrons. The van der Waals surface area contributed by atoms with Gasteiger partial charge in [-0.1, -0.05) is 35.9 Å². The SMILES string of the molecule is CC(NC(=O)c1cc2ccccc2c(Cl)n1)C(=O)N(C)C. The van der Waals surface area contributed by atoms with Crippen molar-refractivity contribution >= 4 is 34.2 Å². The predicted molar refractivity (Wildman–Crippen MR) is 82.4 cm³/mol. The van der Waals surface area contributed by atoms with Crippen molar-refractivity contribution < 1.29 is 9.59 Å². The number of hydrogen-bond donors (Lipinski definition) is 1. The summed E-state index contributed by atoms with van der Waals surface area (Å²) in [6, 6.07) is 8.44. The molecule has 2 amide bonds. The Hall–Kier alpha value is -2.14. The minimum atomic E-state index is -0.625. The van der Waals surface area contributed by atoms with Crippen LogP contribution in [0, 0.1) is 0 Å². The highest BCUT2D eigenvalue weighted by molar-refractivity contribution is 6.34. The number of amides is 2. The van der Waals surface area contributed by atoms with E-state index in [0.717, 1.165) is 10.8 Å². The Labute approximate surface area is 127 Å². The molecule has 21 heavy (non-hydrogen) atoms. The first-order valence-corrected chi connectivity index (χ1v) is 6.85. The van der Waals surface area contributed by atoms with Crippen LogP contribution < -0.4 is 5.32 Å². The molecule has 0 aliphatic rings. The van der Waals surface area contributed by atoms with Gasteiger partial charge in [0.1, 0.15) is 16.9 Å². The summed E-state index contributed by atoms with van der Waals surface area (Å²) in [5.74, 6) is -0.611. The highest BCUT2D eigenvalue weighted by Crippen LogP contribution is 2.22. The van der Waals surface area contributed by atoms with Crippen molar-refractivity contribution in [2.45, 2.75) is 13.0 Å². The van der Waals surface area contributed by atoms with Gasteiger partial charge in [-0.25, -0.2) is 4.98 Å². The van der Waals surface area contributed by atoms with Crippen LogP contribution in [-0.4, -0.2) is 41.8 Å². The largest absolute Gasteiger partial charge is 0.347 e. The molecular weight excluding hydrogens is 290 g/mol. The molecule has 0 spiro atoms. The maximum absolute atomic E-state index is 12.2. The fraction of sp³-hybridized carbons (Fsp3) is 0.267. The number of carbonyl (C=O) groups is 2. The predicted octanol–water partition coefficient (Wildman–Crippen LogP) is 2.09. The molecule has 1 aromatic heterocycles. The van der Waals surface area contributed by atoms with E-state index in [1.807, 2.05) is 24.3 Å². The van der Waals surface area contributed by atoms with Gasteiger partial charge in [-0.3, -0.25) is 9.59 Å². The highest BCUT2D eigenvalue weighted by atomic mass is 35.5. The summed E-state index contributed by atoms with van der Waals surface area (Å²) < 4.78 is 0. The third-order valence-corrected chi connectivity index (χ3v) is 3.37. The molecule has 2 rings (SSSR count). The average Bonchev–Trinajstić information content (AvgIpc) is 2.46. The van der Waals surface area contributed by atoms with Crippen molar-refractivity contribution in [1.82, 2.24) is 15.2 Å². The smallest absolute Gasteiger partial charge is 0.270 e. The number of fused-ring (bicyclic) bond motifs is 1. The zero-order valence-corrected chi connectivity index (χ0v) is 12.8. The van der Waals surface area contributed by atoms with Crippen LogP contribution in [0.3, 0.4) is 0 Å². The van der Waals surface area contributed by atoms with Crippen molar-refractivity contribution in [2.75, 3.05) is 14.1 Å². The van der Waals surface area contributed by atoms with Gasteiger partial charge >= 0.3 is 0 Å². The normalized spacial score (nSPS) is 12.0. The molecule has 1 N–H and O–H groups in total. The monoisotopic (exact) mass is 305 g/mol. The minimum absolute atomic E-state index is 0.185. The average molecular weight is 306 g/mol. The first kappa shape index (κ1) is 15.3. The van der Waals surface area contributed by atoms with Crippen LogP contribution in [-0.2, 0) is 4.79 Å². The van der Waals surface area contributed by atoms with Gasteiger partial charge in [-0.05, 0) is 18.4 Å². The lowest BCUT2D eigenvalue weighted by atomic mass is 10.1. The van der Waals surface area contributed by atoms with E-state index in [2.05, 4.69) is 10.3 Å². The number of nitrogens with zero attached hydrogens (tertiary/aromatic N) is 2. The second kappa shape index (κ2) is 6.10. The molecule has 5 nitrogen and oxygen atoms in total. The van der Waals surface area contributed by atoms with Gasteiger partial charge < -0.3 is 10.2 Å². The van der Waals surface area contributed by atoms with Crippen molar-refractivity contribution in [3.8, 4) is 0 Å². The second-order valence-electron chi connectivity index (χ2n) is 4.95. The van der Waals surface area contributed by atoms with Gasteiger partial charge in [0, 0.05) is 19.5 Å². The number of likely N-dealkylation sites (N-methyl/N-ethyl adjacent to an activating group) is 1. The third kappa shape index (κ3) is 3.31. The Balaban J connectivity index is 2.26. The number of benzene rings is 1. The molecule has 0 saturated heterocycles. The Morgan fingerprint density at radius 2 is 1.95 bits per heavy atom. The molecule has 0 bridgehead atoms. The van der Waals surface area contributed by atoms with E-state index >= 15 is 0 Å². The maximum atomic E-state index is 12.2. The summed E-state index contributed by atoms with van der Waals surface area (Å²) in [4.78, 5) is 29.4. The van der Waals surface area contributed by atoms with E-state index in [4.69, 9.17) is 11.6 Å². The number of hydrogen-bond acceptors (Lipinski definition) is 3. The van der Waals surface area contributed by atoms with Crippen LogP contribution in [0.2, 0.25) is 5.15 Å². The zero-order chi connectivity index (χ0) is 15.6. The van der Waals surface area contributed by atoms with Gasteiger partial charge in [-0.2, -0.15) is 0 Å². The topological polar surface area (TPSA) is 62.3 Å². The van der Waals surface area contributed by atoms with Gasteiger partial charge in [-0.15, -0.1) is 0 Å². The van der Waals surface area contributed by atoms with E-state index in [9.17, 15) is 9.59 Å². The highest BCUT2D eigenvalue weighted by Gasteiger charge is 2.19. The molecule has 2 aromatic rings. The molecule has 0 radical (unpaired) electrons. The van der Waals surface area contributed by atoms with Crippen molar-refractivity contribution in [2.24, 2.45) is 0 Å². The molecule has 1 unspecified atom stereocenters. The number of carbonyl (C=O) groups excluding carboxylic acids is 2. The van der Waals surface area contributed by atoms with E-state index in [0.29, 0.717) is 0 Å². The van der Waals surface area contributed by atoms with E-state index in [1.165, 1.54) is 4.90 Å². The molecule has 0 saturated carbocycles. The molecule has 6 heteroatoms. The van der Waals surface area contributed by atoms with Crippen LogP contribution in [0.4, 0.5) is 0 Å². The number of aromatic nitrogens is 1. The molecule has 0 aliphatic heterocycles. The summed E-state index contributed by atoms with van der Waals surface area (Å²) in [5, 5.41) is 4.50. The van der Waals surface area contributed by atoms with Crippen LogP contribution in [0.1, 0.15) is 17.4 Å². The number of halogens is 1. The fourth-order valence-corrected chi connectivity index (χ4v) is 2.26. The zero-order valence-electron chi connectivity index (χ0n) is 12.1. The quantitative estimate of drug-likeness (QED) is 0.883. The summed E-state index contributed by atoms with van der Waals surface area (Å²) in [6.45, 7) is 1.63. The number of nitrogens with one attached hydrogen (secondary N) is 1. The Kier molecular flexibility index (Phi) is 4.43. The second-order valence-corrected chi connectivity index (χ2v) is 5.31. The molecule has 0 aliphatic carbocycles. The van der Waals surface area contributed by atoms with E-state index < -0.39 is 11.9 Å². The molecule has 1 heterocycles. The minimum Gasteiger partial charge on any atom is -0.347 e. The van der Waals surface area contributed by atoms with E-state index in [-0.39, 0.29) is 16.8 Å². The van der Waals surface area contributed by atoms with Gasteiger partial charge in [0.2, 0.25) is 5.91 Å². The molecular formula is C15H16ClN3O2. The molecule has 1 atom stereocenters. The first-order chi connectivity index (χ1) is 9.90. The van der Waals surface area contributed by atoms with Gasteiger partial charge in [0.05, 0.1) is 0 Å². The standard InChI is InChI=1S/C15H16ClN3O2/c1-9(15(21)19(2)3)17-14(20)12-8-10-6-4-5-7-11(10)13(16)18-12/h4-9H,1-3H3,(H,17,20). The van der Waals surface area contributed by atoms with Crippen molar-refractivity contribution in [1.29, 1.82) is 0 Å². The number of rotatable bonds is 3. The van der Waals surface area contributed by atoms with E-state index in [1.54, 1.807) is 27.1 Å². The summed E-state index contributed by atoms with van der Waals surface area (Å²) >= 11 is 6.09. The Bertz CT molecular complexity index is 700. The van der Waals surface area contributed by atoms with Crippen LogP contribution in [0.15, 0.2) is 30.3 Å². The lowest BCUT2D eigenvalue weighted by Crippen LogP contribution is -2.44. The molecule has 1 aromatic carbocycles. The van der Waals surface area contributed by atoms with Crippen molar-refractivity contribution in [3.63, 3.8) is 0 Å². The van der Waals surface area contributed by atoms with Crippen molar-refractivity contribution in [3.05, 3.63) is 41.2 Å². The summed E-state index contributed by atoms with van der Waals surface area (Å²) in [5.41, 5.74) is 0.192. The summed E-state index contributed by atoms with van der Waals surface area (Å²) in [6.07, 6.45) is 0. The Morgan fingerprint density at radius 1 is 1.29 bits per heavy atom.